The molecular formula is C20H28N4O2. The molecule has 6 heteroatoms. The zero-order valence-electron chi connectivity index (χ0n) is 16.2. The van der Waals surface area contributed by atoms with Gasteiger partial charge in [0.15, 0.2) is 0 Å². The Balaban J connectivity index is 2.20. The molecule has 0 fully saturated rings. The fraction of sp³-hybridized carbons (Fsp3) is 0.450. The van der Waals surface area contributed by atoms with E-state index in [1.54, 1.807) is 11.1 Å². The van der Waals surface area contributed by atoms with Crippen LogP contribution >= 0.6 is 0 Å². The van der Waals surface area contributed by atoms with E-state index in [1.165, 1.54) is 0 Å². The largest absolute Gasteiger partial charge is 0.352 e. The number of hydrogen-bond acceptors (Lipinski definition) is 3. The number of likely N-dealkylation sites (N-methyl/N-ethyl adjacent to an activating group) is 1. The fourth-order valence-corrected chi connectivity index (χ4v) is 2.95. The first-order valence-electron chi connectivity index (χ1n) is 8.98. The summed E-state index contributed by atoms with van der Waals surface area (Å²) in [6.45, 7) is 10.8. The lowest BCUT2D eigenvalue weighted by Crippen LogP contribution is -2.42. The van der Waals surface area contributed by atoms with Gasteiger partial charge in [-0.05, 0) is 52.8 Å². The molecule has 1 N–H and O–H groups in total. The van der Waals surface area contributed by atoms with Crippen LogP contribution in [0.15, 0.2) is 30.5 Å². The number of pyridine rings is 1. The molecule has 0 aliphatic carbocycles. The molecule has 2 rings (SSSR count). The Morgan fingerprint density at radius 2 is 2.00 bits per heavy atom. The smallest absolute Gasteiger partial charge is 0.256 e. The van der Waals surface area contributed by atoms with Gasteiger partial charge in [-0.2, -0.15) is 0 Å². The van der Waals surface area contributed by atoms with Gasteiger partial charge in [0, 0.05) is 30.2 Å². The molecule has 0 atom stereocenters. The van der Waals surface area contributed by atoms with E-state index in [0.29, 0.717) is 18.7 Å². The Kier molecular flexibility index (Phi) is 6.55. The van der Waals surface area contributed by atoms with Gasteiger partial charge in [0.25, 0.3) is 5.91 Å². The standard InChI is InChI=1S/C20H28N4O2/c1-6-23(13-19(25)22-14(2)3)20(26)18-11-15(4)24(16(18)5)12-17-9-7-8-10-21-17/h7-11,14H,6,12-13H2,1-5H3,(H,22,25). The summed E-state index contributed by atoms with van der Waals surface area (Å²) in [4.78, 5) is 30.9. The molecule has 140 valence electrons. The molecule has 0 unspecified atom stereocenters. The molecule has 0 saturated heterocycles. The van der Waals surface area contributed by atoms with Gasteiger partial charge in [-0.3, -0.25) is 14.6 Å². The number of hydrogen-bond donors (Lipinski definition) is 1. The average molecular weight is 356 g/mol. The number of aromatic nitrogens is 2. The van der Waals surface area contributed by atoms with E-state index < -0.39 is 0 Å². The SMILES string of the molecule is CCN(CC(=O)NC(C)C)C(=O)c1cc(C)n(Cc2ccccn2)c1C. The van der Waals surface area contributed by atoms with E-state index in [4.69, 9.17) is 0 Å². The maximum absolute atomic E-state index is 13.0. The van der Waals surface area contributed by atoms with Crippen LogP contribution in [-0.2, 0) is 11.3 Å². The van der Waals surface area contributed by atoms with Crippen LogP contribution in [-0.4, -0.2) is 45.4 Å². The second-order valence-electron chi connectivity index (χ2n) is 6.73. The number of carbonyl (C=O) groups is 2. The Bertz CT molecular complexity index is 766. The van der Waals surface area contributed by atoms with Crippen molar-refractivity contribution >= 4 is 11.8 Å². The molecule has 0 aliphatic heterocycles. The Morgan fingerprint density at radius 3 is 2.58 bits per heavy atom. The van der Waals surface area contributed by atoms with E-state index >= 15 is 0 Å². The van der Waals surface area contributed by atoms with Crippen molar-refractivity contribution in [3.05, 3.63) is 53.1 Å². The molecule has 26 heavy (non-hydrogen) atoms. The third-order valence-corrected chi connectivity index (χ3v) is 4.30. The summed E-state index contributed by atoms with van der Waals surface area (Å²) in [5.41, 5.74) is 3.47. The Morgan fingerprint density at radius 1 is 1.27 bits per heavy atom. The van der Waals surface area contributed by atoms with Crippen LogP contribution in [0.3, 0.4) is 0 Å². The molecule has 0 aromatic carbocycles. The lowest BCUT2D eigenvalue weighted by molar-refractivity contribution is -0.122. The van der Waals surface area contributed by atoms with E-state index in [0.717, 1.165) is 17.1 Å². The van der Waals surface area contributed by atoms with Gasteiger partial charge in [0.1, 0.15) is 0 Å². The van der Waals surface area contributed by atoms with Crippen LogP contribution in [0.5, 0.6) is 0 Å². The molecule has 2 aromatic rings. The van der Waals surface area contributed by atoms with Crippen LogP contribution in [0.1, 0.15) is 48.2 Å². The normalized spacial score (nSPS) is 10.8. The summed E-state index contributed by atoms with van der Waals surface area (Å²) in [5.74, 6) is -0.260. The highest BCUT2D eigenvalue weighted by atomic mass is 16.2. The average Bonchev–Trinajstić information content (AvgIpc) is 2.87. The van der Waals surface area contributed by atoms with Crippen LogP contribution < -0.4 is 5.32 Å². The molecular weight excluding hydrogens is 328 g/mol. The number of aryl methyl sites for hydroxylation is 1. The number of amides is 2. The summed E-state index contributed by atoms with van der Waals surface area (Å²) < 4.78 is 2.08. The molecule has 0 spiro atoms. The minimum Gasteiger partial charge on any atom is -0.352 e. The topological polar surface area (TPSA) is 67.2 Å². The van der Waals surface area contributed by atoms with Gasteiger partial charge in [-0.15, -0.1) is 0 Å². The summed E-state index contributed by atoms with van der Waals surface area (Å²) in [5, 5.41) is 2.83. The molecule has 0 radical (unpaired) electrons. The number of nitrogens with zero attached hydrogens (tertiary/aromatic N) is 3. The van der Waals surface area contributed by atoms with Crippen molar-refractivity contribution in [3.8, 4) is 0 Å². The highest BCUT2D eigenvalue weighted by molar-refractivity contribution is 5.97. The van der Waals surface area contributed by atoms with Crippen molar-refractivity contribution in [2.24, 2.45) is 0 Å². The van der Waals surface area contributed by atoms with Crippen molar-refractivity contribution < 1.29 is 9.59 Å². The summed E-state index contributed by atoms with van der Waals surface area (Å²) in [6, 6.07) is 7.75. The van der Waals surface area contributed by atoms with E-state index in [2.05, 4.69) is 14.9 Å². The van der Waals surface area contributed by atoms with Crippen molar-refractivity contribution in [1.29, 1.82) is 0 Å². The second kappa shape index (κ2) is 8.65. The summed E-state index contributed by atoms with van der Waals surface area (Å²) in [7, 11) is 0. The molecule has 2 amide bonds. The lowest BCUT2D eigenvalue weighted by Gasteiger charge is -2.21. The highest BCUT2D eigenvalue weighted by Crippen LogP contribution is 2.18. The maximum atomic E-state index is 13.0. The van der Waals surface area contributed by atoms with Gasteiger partial charge in [0.2, 0.25) is 5.91 Å². The predicted octanol–water partition coefficient (Wildman–Crippen LogP) is 2.53. The van der Waals surface area contributed by atoms with Crippen molar-refractivity contribution in [1.82, 2.24) is 19.8 Å². The molecule has 2 heterocycles. The van der Waals surface area contributed by atoms with Gasteiger partial charge in [-0.1, -0.05) is 6.07 Å². The third kappa shape index (κ3) is 4.71. The van der Waals surface area contributed by atoms with Crippen LogP contribution in [0.2, 0.25) is 0 Å². The second-order valence-corrected chi connectivity index (χ2v) is 6.73. The fourth-order valence-electron chi connectivity index (χ4n) is 2.95. The Labute approximate surface area is 155 Å². The van der Waals surface area contributed by atoms with Crippen LogP contribution in [0.4, 0.5) is 0 Å². The van der Waals surface area contributed by atoms with Gasteiger partial charge in [-0.25, -0.2) is 0 Å². The zero-order chi connectivity index (χ0) is 19.3. The van der Waals surface area contributed by atoms with Crippen LogP contribution in [0, 0.1) is 13.8 Å². The van der Waals surface area contributed by atoms with E-state index in [9.17, 15) is 9.59 Å². The Hall–Kier alpha value is -2.63. The van der Waals surface area contributed by atoms with Crippen molar-refractivity contribution in [3.63, 3.8) is 0 Å². The van der Waals surface area contributed by atoms with Gasteiger partial charge >= 0.3 is 0 Å². The summed E-state index contributed by atoms with van der Waals surface area (Å²) in [6.07, 6.45) is 1.77. The maximum Gasteiger partial charge on any atom is 0.256 e. The van der Waals surface area contributed by atoms with Gasteiger partial charge < -0.3 is 14.8 Å². The first-order valence-corrected chi connectivity index (χ1v) is 8.98. The highest BCUT2D eigenvalue weighted by Gasteiger charge is 2.22. The lowest BCUT2D eigenvalue weighted by atomic mass is 10.2. The van der Waals surface area contributed by atoms with Crippen molar-refractivity contribution in [2.45, 2.75) is 47.2 Å². The monoisotopic (exact) mass is 356 g/mol. The number of rotatable bonds is 7. The van der Waals surface area contributed by atoms with Crippen molar-refractivity contribution in [2.75, 3.05) is 13.1 Å². The number of carbonyl (C=O) groups excluding carboxylic acids is 2. The zero-order valence-corrected chi connectivity index (χ0v) is 16.2. The molecule has 6 nitrogen and oxygen atoms in total. The van der Waals surface area contributed by atoms with E-state index in [-0.39, 0.29) is 24.4 Å². The quantitative estimate of drug-likeness (QED) is 0.829. The predicted molar refractivity (Wildman–Crippen MR) is 102 cm³/mol. The first-order chi connectivity index (χ1) is 12.3. The molecule has 0 aliphatic rings. The number of nitrogens with one attached hydrogen (secondary N) is 1. The molecule has 2 aromatic heterocycles. The van der Waals surface area contributed by atoms with E-state index in [1.807, 2.05) is 58.9 Å². The van der Waals surface area contributed by atoms with Crippen LogP contribution in [0.25, 0.3) is 0 Å². The minimum atomic E-state index is -0.141. The molecule has 0 saturated carbocycles. The first kappa shape index (κ1) is 19.7. The summed E-state index contributed by atoms with van der Waals surface area (Å²) >= 11 is 0. The minimum absolute atomic E-state index is 0.0553. The van der Waals surface area contributed by atoms with Gasteiger partial charge in [0.05, 0.1) is 24.3 Å². The molecule has 0 bridgehead atoms. The third-order valence-electron chi connectivity index (χ3n) is 4.30.